The average Bonchev–Trinajstić information content (AvgIpc) is 2.40. The van der Waals surface area contributed by atoms with Crippen molar-refractivity contribution < 1.29 is 9.31 Å². The van der Waals surface area contributed by atoms with Crippen molar-refractivity contribution in [2.45, 2.75) is 0 Å². The molecule has 0 fully saturated rings. The van der Waals surface area contributed by atoms with E-state index in [1.807, 2.05) is 0 Å². The van der Waals surface area contributed by atoms with Crippen LogP contribution in [0.25, 0.3) is 0 Å². The third kappa shape index (κ3) is 2.55. The first kappa shape index (κ1) is 12.6. The molecule has 1 aromatic heterocycles. The fourth-order valence-electron chi connectivity index (χ4n) is 1.44. The zero-order valence-corrected chi connectivity index (χ0v) is 9.50. The summed E-state index contributed by atoms with van der Waals surface area (Å²) < 4.78 is 13.5. The van der Waals surface area contributed by atoms with Crippen LogP contribution in [0.5, 0.6) is 0 Å². The van der Waals surface area contributed by atoms with E-state index in [1.165, 1.54) is 18.2 Å². The number of nitrogen functional groups attached to an aromatic ring is 1. The third-order valence-electron chi connectivity index (χ3n) is 2.27. The average molecular weight is 264 g/mol. The van der Waals surface area contributed by atoms with E-state index < -0.39 is 16.4 Å². The Bertz CT molecular complexity index is 621. The van der Waals surface area contributed by atoms with Crippen LogP contribution in [-0.2, 0) is 0 Å². The Morgan fingerprint density at radius 2 is 1.95 bits per heavy atom. The molecule has 0 aliphatic heterocycles. The molecule has 98 valence electrons. The van der Waals surface area contributed by atoms with E-state index in [9.17, 15) is 14.5 Å². The first-order chi connectivity index (χ1) is 9.13. The number of aromatic nitrogens is 2. The second kappa shape index (κ2) is 5.23. The van der Waals surface area contributed by atoms with E-state index in [1.54, 1.807) is 6.07 Å². The molecule has 8 nitrogen and oxygen atoms in total. The van der Waals surface area contributed by atoms with Gasteiger partial charge in [-0.3, -0.25) is 10.1 Å². The topological polar surface area (TPSA) is 119 Å². The molecule has 9 heteroatoms. The lowest BCUT2D eigenvalue weighted by Crippen LogP contribution is -2.13. The SMILES string of the molecule is NNc1ncnc(Nc2ccccc2F)c1[N+](=O)[O-]. The Labute approximate surface area is 106 Å². The number of hydrogen-bond donors (Lipinski definition) is 3. The fraction of sp³-hybridized carbons (Fsp3) is 0. The molecular weight excluding hydrogens is 255 g/mol. The summed E-state index contributed by atoms with van der Waals surface area (Å²) in [5.74, 6) is 4.25. The predicted octanol–water partition coefficient (Wildman–Crippen LogP) is 1.55. The molecule has 0 saturated heterocycles. The van der Waals surface area contributed by atoms with Gasteiger partial charge in [-0.2, -0.15) is 0 Å². The second-order valence-electron chi connectivity index (χ2n) is 3.43. The maximum atomic E-state index is 13.5. The maximum Gasteiger partial charge on any atom is 0.354 e. The number of anilines is 3. The summed E-state index contributed by atoms with van der Waals surface area (Å²) >= 11 is 0. The highest BCUT2D eigenvalue weighted by Gasteiger charge is 2.23. The lowest BCUT2D eigenvalue weighted by molar-refractivity contribution is -0.383. The van der Waals surface area contributed by atoms with E-state index in [2.05, 4.69) is 20.7 Å². The monoisotopic (exact) mass is 264 g/mol. The van der Waals surface area contributed by atoms with Crippen LogP contribution in [0.2, 0.25) is 0 Å². The Morgan fingerprint density at radius 1 is 1.26 bits per heavy atom. The number of para-hydroxylation sites is 1. The Hall–Kier alpha value is -2.81. The quantitative estimate of drug-likeness (QED) is 0.435. The summed E-state index contributed by atoms with van der Waals surface area (Å²) in [6.45, 7) is 0. The van der Waals surface area contributed by atoms with Crippen molar-refractivity contribution in [2.75, 3.05) is 10.7 Å². The number of nitrogens with one attached hydrogen (secondary N) is 2. The standard InChI is InChI=1S/C10H9FN6O2/c11-6-3-1-2-4-7(6)15-9-8(17(18)19)10(16-12)14-5-13-9/h1-5H,12H2,(H2,13,14,15,16). The summed E-state index contributed by atoms with van der Waals surface area (Å²) in [7, 11) is 0. The van der Waals surface area contributed by atoms with Crippen LogP contribution in [0, 0.1) is 15.9 Å². The summed E-state index contributed by atoms with van der Waals surface area (Å²) in [5.41, 5.74) is 1.69. The molecule has 0 spiro atoms. The molecule has 0 aliphatic rings. The zero-order valence-electron chi connectivity index (χ0n) is 9.50. The number of rotatable bonds is 4. The van der Waals surface area contributed by atoms with Gasteiger partial charge in [0.05, 0.1) is 10.6 Å². The Morgan fingerprint density at radius 3 is 2.58 bits per heavy atom. The van der Waals surface area contributed by atoms with Crippen molar-refractivity contribution in [1.82, 2.24) is 9.97 Å². The van der Waals surface area contributed by atoms with Crippen molar-refractivity contribution in [1.29, 1.82) is 0 Å². The highest BCUT2D eigenvalue weighted by atomic mass is 19.1. The molecule has 1 aromatic carbocycles. The summed E-state index contributed by atoms with van der Waals surface area (Å²) in [4.78, 5) is 17.6. The lowest BCUT2D eigenvalue weighted by atomic mass is 10.3. The van der Waals surface area contributed by atoms with Crippen molar-refractivity contribution >= 4 is 23.0 Å². The minimum Gasteiger partial charge on any atom is -0.332 e. The highest BCUT2D eigenvalue weighted by Crippen LogP contribution is 2.30. The van der Waals surface area contributed by atoms with Crippen molar-refractivity contribution in [3.63, 3.8) is 0 Å². The maximum absolute atomic E-state index is 13.5. The van der Waals surface area contributed by atoms with Gasteiger partial charge in [-0.25, -0.2) is 20.2 Å². The van der Waals surface area contributed by atoms with E-state index in [0.29, 0.717) is 0 Å². The zero-order chi connectivity index (χ0) is 13.8. The van der Waals surface area contributed by atoms with Gasteiger partial charge in [0.15, 0.2) is 0 Å². The third-order valence-corrected chi connectivity index (χ3v) is 2.27. The molecule has 0 unspecified atom stereocenters. The van der Waals surface area contributed by atoms with Crippen LogP contribution in [-0.4, -0.2) is 14.9 Å². The minimum atomic E-state index is -0.710. The van der Waals surface area contributed by atoms with Crippen LogP contribution < -0.4 is 16.6 Å². The molecule has 0 aliphatic carbocycles. The second-order valence-corrected chi connectivity index (χ2v) is 3.43. The number of nitrogens with two attached hydrogens (primary N) is 1. The van der Waals surface area contributed by atoms with Gasteiger partial charge in [0.25, 0.3) is 0 Å². The highest BCUT2D eigenvalue weighted by molar-refractivity contribution is 5.73. The molecule has 4 N–H and O–H groups in total. The molecule has 0 radical (unpaired) electrons. The smallest absolute Gasteiger partial charge is 0.332 e. The number of nitrogens with zero attached hydrogens (tertiary/aromatic N) is 3. The molecule has 1 heterocycles. The normalized spacial score (nSPS) is 10.0. The predicted molar refractivity (Wildman–Crippen MR) is 66.2 cm³/mol. The van der Waals surface area contributed by atoms with Gasteiger partial charge in [-0.05, 0) is 12.1 Å². The van der Waals surface area contributed by atoms with Crippen LogP contribution in [0.3, 0.4) is 0 Å². The first-order valence-corrected chi connectivity index (χ1v) is 5.11. The van der Waals surface area contributed by atoms with Crippen molar-refractivity contribution in [3.05, 3.63) is 46.5 Å². The number of halogens is 1. The van der Waals surface area contributed by atoms with Gasteiger partial charge in [0, 0.05) is 0 Å². The Balaban J connectivity index is 2.46. The number of benzene rings is 1. The molecular formula is C10H9FN6O2. The summed E-state index contributed by atoms with van der Waals surface area (Å²) in [6, 6.07) is 5.73. The van der Waals surface area contributed by atoms with Gasteiger partial charge in [-0.1, -0.05) is 12.1 Å². The van der Waals surface area contributed by atoms with E-state index in [0.717, 1.165) is 6.33 Å². The van der Waals surface area contributed by atoms with Crippen molar-refractivity contribution in [2.24, 2.45) is 5.84 Å². The lowest BCUT2D eigenvalue weighted by Gasteiger charge is -2.08. The molecule has 2 aromatic rings. The molecule has 2 rings (SSSR count). The first-order valence-electron chi connectivity index (χ1n) is 5.11. The summed E-state index contributed by atoms with van der Waals surface area (Å²) in [6.07, 6.45) is 1.07. The van der Waals surface area contributed by atoms with Crippen LogP contribution >= 0.6 is 0 Å². The van der Waals surface area contributed by atoms with Gasteiger partial charge in [-0.15, -0.1) is 0 Å². The van der Waals surface area contributed by atoms with Gasteiger partial charge < -0.3 is 10.7 Å². The molecule has 0 bridgehead atoms. The van der Waals surface area contributed by atoms with Gasteiger partial charge >= 0.3 is 5.69 Å². The number of nitro groups is 1. The molecule has 0 amide bonds. The van der Waals surface area contributed by atoms with Gasteiger partial charge in [0.1, 0.15) is 12.1 Å². The summed E-state index contributed by atoms with van der Waals surface area (Å²) in [5, 5.41) is 13.5. The van der Waals surface area contributed by atoms with Crippen LogP contribution in [0.15, 0.2) is 30.6 Å². The van der Waals surface area contributed by atoms with E-state index in [4.69, 9.17) is 5.84 Å². The fourth-order valence-corrected chi connectivity index (χ4v) is 1.44. The van der Waals surface area contributed by atoms with Gasteiger partial charge in [0.2, 0.25) is 11.6 Å². The molecule has 0 atom stereocenters. The van der Waals surface area contributed by atoms with E-state index >= 15 is 0 Å². The van der Waals surface area contributed by atoms with Crippen LogP contribution in [0.4, 0.5) is 27.4 Å². The molecule has 19 heavy (non-hydrogen) atoms. The van der Waals surface area contributed by atoms with Crippen molar-refractivity contribution in [3.8, 4) is 0 Å². The number of hydrogen-bond acceptors (Lipinski definition) is 7. The largest absolute Gasteiger partial charge is 0.354 e. The van der Waals surface area contributed by atoms with Crippen LogP contribution in [0.1, 0.15) is 0 Å². The molecule has 0 saturated carbocycles. The Kier molecular flexibility index (Phi) is 3.48. The minimum absolute atomic E-state index is 0.0623. The number of hydrazine groups is 1. The van der Waals surface area contributed by atoms with E-state index in [-0.39, 0.29) is 17.3 Å².